The third-order valence-electron chi connectivity index (χ3n) is 4.03. The molecule has 0 rings (SSSR count). The van der Waals surface area contributed by atoms with Gasteiger partial charge in [-0.2, -0.15) is 0 Å². The van der Waals surface area contributed by atoms with E-state index in [2.05, 4.69) is 32.4 Å². The molecule has 0 amide bonds. The van der Waals surface area contributed by atoms with Gasteiger partial charge in [0, 0.05) is 0 Å². The molecule has 2 atom stereocenters. The Morgan fingerprint density at radius 2 is 1.08 bits per heavy atom. The molecule has 0 aromatic rings. The van der Waals surface area contributed by atoms with Crippen molar-refractivity contribution in [1.29, 1.82) is 0 Å². The summed E-state index contributed by atoms with van der Waals surface area (Å²) >= 11 is 0. The lowest BCUT2D eigenvalue weighted by molar-refractivity contribution is -0.0256. The van der Waals surface area contributed by atoms with Crippen molar-refractivity contribution in [1.82, 2.24) is 0 Å². The van der Waals surface area contributed by atoms with Gasteiger partial charge < -0.3 is 19.7 Å². The van der Waals surface area contributed by atoms with Crippen molar-refractivity contribution in [2.24, 2.45) is 0 Å². The molecule has 24 heavy (non-hydrogen) atoms. The number of aliphatic hydroxyl groups excluding tert-OH is 2. The Morgan fingerprint density at radius 1 is 0.667 bits per heavy atom. The zero-order valence-corrected chi connectivity index (χ0v) is 16.8. The second-order valence-electron chi connectivity index (χ2n) is 6.25. The number of hydrogen-bond donors (Lipinski definition) is 2. The van der Waals surface area contributed by atoms with Crippen LogP contribution in [-0.2, 0) is 9.47 Å². The SMILES string of the molecule is CCCCCC(CC)OC(CC)CCCCC.OCCOCCO. The summed E-state index contributed by atoms with van der Waals surface area (Å²) in [7, 11) is 0. The molecule has 0 fully saturated rings. The number of hydrogen-bond acceptors (Lipinski definition) is 4. The maximum Gasteiger partial charge on any atom is 0.0698 e. The lowest BCUT2D eigenvalue weighted by Crippen LogP contribution is -2.21. The third kappa shape index (κ3) is 19.9. The van der Waals surface area contributed by atoms with Crippen LogP contribution < -0.4 is 0 Å². The van der Waals surface area contributed by atoms with Gasteiger partial charge in [-0.3, -0.25) is 0 Å². The molecule has 0 saturated carbocycles. The Hall–Kier alpha value is -0.160. The maximum atomic E-state index is 8.09. The monoisotopic (exact) mass is 348 g/mol. The molecule has 4 nitrogen and oxygen atoms in total. The lowest BCUT2D eigenvalue weighted by atomic mass is 10.1. The van der Waals surface area contributed by atoms with Crippen molar-refractivity contribution in [3.8, 4) is 0 Å². The van der Waals surface area contributed by atoms with Crippen molar-refractivity contribution >= 4 is 0 Å². The van der Waals surface area contributed by atoms with Crippen molar-refractivity contribution in [2.75, 3.05) is 26.4 Å². The fraction of sp³-hybridized carbons (Fsp3) is 1.00. The summed E-state index contributed by atoms with van der Waals surface area (Å²) in [5, 5.41) is 16.2. The summed E-state index contributed by atoms with van der Waals surface area (Å²) in [6.07, 6.45) is 13.9. The van der Waals surface area contributed by atoms with Crippen LogP contribution in [0.15, 0.2) is 0 Å². The first-order valence-corrected chi connectivity index (χ1v) is 10.1. The summed E-state index contributed by atoms with van der Waals surface area (Å²) in [6.45, 7) is 9.74. The summed E-state index contributed by atoms with van der Waals surface area (Å²) in [4.78, 5) is 0. The summed E-state index contributed by atoms with van der Waals surface area (Å²) in [6, 6.07) is 0. The van der Waals surface area contributed by atoms with Gasteiger partial charge in [0.1, 0.15) is 0 Å². The quantitative estimate of drug-likeness (QED) is 0.397. The van der Waals surface area contributed by atoms with Gasteiger partial charge in [-0.25, -0.2) is 0 Å². The van der Waals surface area contributed by atoms with E-state index in [-0.39, 0.29) is 13.2 Å². The molecule has 0 heterocycles. The fourth-order valence-corrected chi connectivity index (χ4v) is 2.48. The Bertz CT molecular complexity index is 192. The Morgan fingerprint density at radius 3 is 1.38 bits per heavy atom. The average Bonchev–Trinajstić information content (AvgIpc) is 2.61. The van der Waals surface area contributed by atoms with Crippen LogP contribution in [-0.4, -0.2) is 48.8 Å². The van der Waals surface area contributed by atoms with E-state index in [1.807, 2.05) is 0 Å². The molecule has 0 aliphatic heterocycles. The highest BCUT2D eigenvalue weighted by Crippen LogP contribution is 2.17. The minimum absolute atomic E-state index is 0.0278. The number of rotatable bonds is 16. The molecular weight excluding hydrogens is 304 g/mol. The highest BCUT2D eigenvalue weighted by Gasteiger charge is 2.13. The van der Waals surface area contributed by atoms with Crippen molar-refractivity contribution in [3.05, 3.63) is 0 Å². The molecule has 0 saturated heterocycles. The number of unbranched alkanes of at least 4 members (excludes halogenated alkanes) is 4. The third-order valence-corrected chi connectivity index (χ3v) is 4.03. The summed E-state index contributed by atoms with van der Waals surface area (Å²) < 4.78 is 10.9. The molecule has 0 radical (unpaired) electrons. The minimum Gasteiger partial charge on any atom is -0.394 e. The molecule has 0 aromatic carbocycles. The highest BCUT2D eigenvalue weighted by molar-refractivity contribution is 4.62. The van der Waals surface area contributed by atoms with Gasteiger partial charge in [-0.1, -0.05) is 66.2 Å². The van der Waals surface area contributed by atoms with Crippen molar-refractivity contribution < 1.29 is 19.7 Å². The molecule has 0 aliphatic rings. The Labute approximate surface area is 150 Å². The van der Waals surface area contributed by atoms with Gasteiger partial charge in [-0.15, -0.1) is 0 Å². The first-order valence-electron chi connectivity index (χ1n) is 10.1. The van der Waals surface area contributed by atoms with Crippen LogP contribution in [0.4, 0.5) is 0 Å². The van der Waals surface area contributed by atoms with Gasteiger partial charge in [-0.05, 0) is 25.7 Å². The molecule has 0 aromatic heterocycles. The van der Waals surface area contributed by atoms with Crippen LogP contribution in [0.2, 0.25) is 0 Å². The van der Waals surface area contributed by atoms with Gasteiger partial charge in [0.05, 0.1) is 38.6 Å². The predicted molar refractivity (Wildman–Crippen MR) is 103 cm³/mol. The molecule has 2 N–H and O–H groups in total. The average molecular weight is 349 g/mol. The molecule has 0 spiro atoms. The van der Waals surface area contributed by atoms with Crippen LogP contribution in [0.1, 0.15) is 91.9 Å². The fourth-order valence-electron chi connectivity index (χ4n) is 2.48. The molecule has 2 unspecified atom stereocenters. The van der Waals surface area contributed by atoms with Crippen molar-refractivity contribution in [2.45, 2.75) is 104 Å². The van der Waals surface area contributed by atoms with E-state index < -0.39 is 0 Å². The van der Waals surface area contributed by atoms with Crippen molar-refractivity contribution in [3.63, 3.8) is 0 Å². The maximum absolute atomic E-state index is 8.09. The molecule has 0 bridgehead atoms. The van der Waals surface area contributed by atoms with Crippen LogP contribution in [0.25, 0.3) is 0 Å². The van der Waals surface area contributed by atoms with Crippen LogP contribution in [0.5, 0.6) is 0 Å². The van der Waals surface area contributed by atoms with E-state index >= 15 is 0 Å². The number of ether oxygens (including phenoxy) is 2. The molecular formula is C20H44O4. The lowest BCUT2D eigenvalue weighted by Gasteiger charge is -2.23. The zero-order valence-electron chi connectivity index (χ0n) is 16.8. The highest BCUT2D eigenvalue weighted by atomic mass is 16.5. The number of aliphatic hydroxyl groups is 2. The second kappa shape index (κ2) is 22.8. The molecule has 0 aliphatic carbocycles. The predicted octanol–water partition coefficient (Wildman–Crippen LogP) is 4.71. The van der Waals surface area contributed by atoms with Gasteiger partial charge in [0.15, 0.2) is 0 Å². The first-order chi connectivity index (χ1) is 11.7. The van der Waals surface area contributed by atoms with E-state index in [1.165, 1.54) is 64.2 Å². The van der Waals surface area contributed by atoms with Gasteiger partial charge >= 0.3 is 0 Å². The van der Waals surface area contributed by atoms with Gasteiger partial charge in [0.25, 0.3) is 0 Å². The van der Waals surface area contributed by atoms with Crippen LogP contribution >= 0.6 is 0 Å². The molecule has 148 valence electrons. The Balaban J connectivity index is 0. The minimum atomic E-state index is 0.0278. The summed E-state index contributed by atoms with van der Waals surface area (Å²) in [5.41, 5.74) is 0. The van der Waals surface area contributed by atoms with Crippen LogP contribution in [0.3, 0.4) is 0 Å². The Kier molecular flexibility index (Phi) is 24.8. The van der Waals surface area contributed by atoms with E-state index in [0.29, 0.717) is 25.4 Å². The molecule has 4 heteroatoms. The van der Waals surface area contributed by atoms with E-state index in [4.69, 9.17) is 14.9 Å². The van der Waals surface area contributed by atoms with E-state index in [0.717, 1.165) is 0 Å². The van der Waals surface area contributed by atoms with E-state index in [9.17, 15) is 0 Å². The smallest absolute Gasteiger partial charge is 0.0698 e. The topological polar surface area (TPSA) is 58.9 Å². The van der Waals surface area contributed by atoms with E-state index in [1.54, 1.807) is 0 Å². The summed E-state index contributed by atoms with van der Waals surface area (Å²) in [5.74, 6) is 0. The zero-order chi connectivity index (χ0) is 18.5. The van der Waals surface area contributed by atoms with Crippen LogP contribution in [0, 0.1) is 0 Å². The standard InChI is InChI=1S/C16H34O.C4H10O3/c1-5-9-11-13-15(7-3)17-16(8-4)14-12-10-6-2;5-1-3-7-4-2-6/h15-16H,5-14H2,1-4H3;5-6H,1-4H2. The van der Waals surface area contributed by atoms with Gasteiger partial charge in [0.2, 0.25) is 0 Å². The largest absolute Gasteiger partial charge is 0.394 e. The normalized spacial score (nSPS) is 13.2. The second-order valence-corrected chi connectivity index (χ2v) is 6.25. The first kappa shape index (κ1) is 26.1.